The van der Waals surface area contributed by atoms with E-state index >= 15 is 0 Å². The second-order valence-corrected chi connectivity index (χ2v) is 28.7. The molecule has 5 aliphatic rings. The average molecular weight is 1040 g/mol. The number of fused-ring (bicyclic) bond motifs is 10. The minimum Gasteiger partial charge on any atom is -0.311 e. The predicted octanol–water partition coefficient (Wildman–Crippen LogP) is 17.9. The van der Waals surface area contributed by atoms with E-state index in [2.05, 4.69) is 297 Å². The Hall–Kier alpha value is -7.36. The van der Waals surface area contributed by atoms with Crippen LogP contribution in [0.5, 0.6) is 0 Å². The van der Waals surface area contributed by atoms with Crippen molar-refractivity contribution >= 4 is 57.2 Å². The number of anilines is 6. The van der Waals surface area contributed by atoms with Crippen molar-refractivity contribution in [2.75, 3.05) is 9.80 Å². The maximum Gasteiger partial charge on any atom is 0.252 e. The van der Waals surface area contributed by atoms with E-state index in [0.29, 0.717) is 0 Å². The maximum atomic E-state index is 2.71. The van der Waals surface area contributed by atoms with Crippen LogP contribution in [0.2, 0.25) is 0 Å². The number of nitrogens with zero attached hydrogens (tertiary/aromatic N) is 2. The van der Waals surface area contributed by atoms with E-state index in [0.717, 1.165) is 0 Å². The summed E-state index contributed by atoms with van der Waals surface area (Å²) in [6.45, 7) is 38.8. The lowest BCUT2D eigenvalue weighted by Crippen LogP contribution is -2.62. The summed E-state index contributed by atoms with van der Waals surface area (Å²) in [5.74, 6) is 0. The standard InChI is InChI=1S/C77H77BN2/c1-46-38-68-70-69(39-46)80(65-37-34-48(71(2,3)4)40-50(65)47-26-18-17-19-27-47)67-45-62-60(75(11,12)54-31-23-25-33-56(54)77(62,15)16)43-64(67)78(70)63-42-59-61(76(13,14)55-32-24-22-30-53(55)74(59,9)10)44-66(63)79(68)49-35-36-57-58(41-49)73(7,8)52-29-21-20-28-51(52)72(57,5)6/h17-45H,1-16H3. The summed E-state index contributed by atoms with van der Waals surface area (Å²) < 4.78 is 0. The lowest BCUT2D eigenvalue weighted by atomic mass is 9.32. The van der Waals surface area contributed by atoms with Crippen molar-refractivity contribution in [1.29, 1.82) is 0 Å². The first kappa shape index (κ1) is 50.8. The Kier molecular flexibility index (Phi) is 10.4. The molecule has 0 bridgehead atoms. The zero-order valence-corrected chi connectivity index (χ0v) is 50.2. The zero-order chi connectivity index (χ0) is 56.2. The molecular weight excluding hydrogens is 964 g/mol. The summed E-state index contributed by atoms with van der Waals surface area (Å²) in [6, 6.07) is 69.5. The van der Waals surface area contributed by atoms with Crippen LogP contribution >= 0.6 is 0 Å². The van der Waals surface area contributed by atoms with E-state index in [1.165, 1.54) is 140 Å². The highest BCUT2D eigenvalue weighted by Crippen LogP contribution is 2.57. The summed E-state index contributed by atoms with van der Waals surface area (Å²) >= 11 is 0. The molecular formula is C77H77BN2. The van der Waals surface area contributed by atoms with Gasteiger partial charge in [-0.15, -0.1) is 0 Å². The molecule has 9 aromatic rings. The highest BCUT2D eigenvalue weighted by atomic mass is 15.2. The molecule has 2 heterocycles. The third-order valence-electron chi connectivity index (χ3n) is 20.8. The molecule has 0 saturated heterocycles. The average Bonchev–Trinajstić information content (AvgIpc) is 1.32. The van der Waals surface area contributed by atoms with Gasteiger partial charge in [-0.25, -0.2) is 0 Å². The summed E-state index contributed by atoms with van der Waals surface area (Å²) in [4.78, 5) is 5.41. The van der Waals surface area contributed by atoms with Gasteiger partial charge in [0.1, 0.15) is 0 Å². The zero-order valence-electron chi connectivity index (χ0n) is 50.2. The molecule has 3 heteroatoms. The van der Waals surface area contributed by atoms with Gasteiger partial charge < -0.3 is 9.80 Å². The van der Waals surface area contributed by atoms with Gasteiger partial charge in [0.15, 0.2) is 0 Å². The van der Waals surface area contributed by atoms with Gasteiger partial charge in [0.25, 0.3) is 6.71 Å². The van der Waals surface area contributed by atoms with Crippen LogP contribution in [0.3, 0.4) is 0 Å². The van der Waals surface area contributed by atoms with Gasteiger partial charge in [0.2, 0.25) is 0 Å². The Bertz CT molecular complexity index is 4130. The van der Waals surface area contributed by atoms with Gasteiger partial charge >= 0.3 is 0 Å². The Labute approximate surface area is 478 Å². The van der Waals surface area contributed by atoms with E-state index in [1.807, 2.05) is 0 Å². The smallest absolute Gasteiger partial charge is 0.252 e. The molecule has 0 unspecified atom stereocenters. The number of aryl methyl sites for hydroxylation is 1. The van der Waals surface area contributed by atoms with Crippen LogP contribution in [0.1, 0.15) is 182 Å². The van der Waals surface area contributed by atoms with Gasteiger partial charge in [-0.3, -0.25) is 0 Å². The minimum atomic E-state index is -0.253. The van der Waals surface area contributed by atoms with E-state index in [4.69, 9.17) is 0 Å². The lowest BCUT2D eigenvalue weighted by Gasteiger charge is -2.50. The van der Waals surface area contributed by atoms with Crippen LogP contribution in [0, 0.1) is 6.92 Å². The third-order valence-corrected chi connectivity index (χ3v) is 20.8. The van der Waals surface area contributed by atoms with Crippen molar-refractivity contribution < 1.29 is 0 Å². The van der Waals surface area contributed by atoms with Crippen molar-refractivity contribution in [1.82, 2.24) is 0 Å². The molecule has 0 atom stereocenters. The summed E-state index contributed by atoms with van der Waals surface area (Å²) in [5.41, 5.74) is 32.0. The van der Waals surface area contributed by atoms with Crippen molar-refractivity contribution in [2.24, 2.45) is 0 Å². The van der Waals surface area contributed by atoms with Crippen molar-refractivity contribution in [2.45, 2.75) is 149 Å². The first-order valence-electron chi connectivity index (χ1n) is 29.5. The fourth-order valence-corrected chi connectivity index (χ4v) is 16.2. The minimum absolute atomic E-state index is 0.0511. The molecule has 0 fully saturated rings. The Morgan fingerprint density at radius 1 is 0.325 bits per heavy atom. The van der Waals surface area contributed by atoms with E-state index < -0.39 is 0 Å². The van der Waals surface area contributed by atoms with Crippen LogP contribution in [0.4, 0.5) is 34.1 Å². The van der Waals surface area contributed by atoms with Crippen molar-refractivity contribution in [3.05, 3.63) is 254 Å². The number of benzene rings is 9. The topological polar surface area (TPSA) is 6.48 Å². The SMILES string of the molecule is Cc1cc2c3c(c1)N(c1ccc(C(C)(C)C)cc1-c1ccccc1)c1cc4c(cc1B3c1cc3c(cc1N2c1ccc2c(c1)C(C)(C)c1ccccc1C2(C)C)C(C)(C)c1ccccc1C3(C)C)C(C)(C)c1ccccc1C4(C)C. The summed E-state index contributed by atoms with van der Waals surface area (Å²) in [5, 5.41) is 0. The highest BCUT2D eigenvalue weighted by molar-refractivity contribution is 7.00. The van der Waals surface area contributed by atoms with Crippen LogP contribution in [0.15, 0.2) is 176 Å². The lowest BCUT2D eigenvalue weighted by molar-refractivity contribution is 0.520. The largest absolute Gasteiger partial charge is 0.311 e. The number of hydrogen-bond acceptors (Lipinski definition) is 2. The quantitative estimate of drug-likeness (QED) is 0.163. The van der Waals surface area contributed by atoms with Crippen molar-refractivity contribution in [3.63, 3.8) is 0 Å². The second-order valence-electron chi connectivity index (χ2n) is 28.7. The van der Waals surface area contributed by atoms with Gasteiger partial charge in [-0.1, -0.05) is 231 Å². The summed E-state index contributed by atoms with van der Waals surface area (Å²) in [7, 11) is 0. The van der Waals surface area contributed by atoms with E-state index in [1.54, 1.807) is 0 Å². The molecule has 0 radical (unpaired) electrons. The molecule has 80 heavy (non-hydrogen) atoms. The molecule has 398 valence electrons. The van der Waals surface area contributed by atoms with E-state index in [9.17, 15) is 0 Å². The first-order chi connectivity index (χ1) is 37.8. The van der Waals surface area contributed by atoms with Crippen molar-refractivity contribution in [3.8, 4) is 11.1 Å². The van der Waals surface area contributed by atoms with Gasteiger partial charge in [0, 0.05) is 66.5 Å². The fraction of sp³-hybridized carbons (Fsp3) is 0.299. The molecule has 0 saturated carbocycles. The Morgan fingerprint density at radius 3 is 1.15 bits per heavy atom. The van der Waals surface area contributed by atoms with Gasteiger partial charge in [-0.2, -0.15) is 0 Å². The second kappa shape index (κ2) is 16.4. The summed E-state index contributed by atoms with van der Waals surface area (Å²) in [6.07, 6.45) is 0. The number of rotatable bonds is 3. The molecule has 0 spiro atoms. The van der Waals surface area contributed by atoms with Crippen LogP contribution in [-0.4, -0.2) is 6.71 Å². The monoisotopic (exact) mass is 1040 g/mol. The normalized spacial score (nSPS) is 18.3. The molecule has 9 aromatic carbocycles. The van der Waals surface area contributed by atoms with Crippen LogP contribution < -0.4 is 26.2 Å². The fourth-order valence-electron chi connectivity index (χ4n) is 16.2. The van der Waals surface area contributed by atoms with Gasteiger partial charge in [0.05, 0.1) is 5.69 Å². The molecule has 0 N–H and O–H groups in total. The molecule has 2 nitrogen and oxygen atoms in total. The third kappa shape index (κ3) is 6.73. The molecule has 14 rings (SSSR count). The molecule has 2 aliphatic heterocycles. The van der Waals surface area contributed by atoms with E-state index in [-0.39, 0.29) is 44.6 Å². The van der Waals surface area contributed by atoms with Crippen LogP contribution in [0.25, 0.3) is 11.1 Å². The molecule has 0 aromatic heterocycles. The predicted molar refractivity (Wildman–Crippen MR) is 341 cm³/mol. The highest BCUT2D eigenvalue weighted by Gasteiger charge is 2.51. The Morgan fingerprint density at radius 2 is 0.700 bits per heavy atom. The molecule has 0 amide bonds. The number of hydrogen-bond donors (Lipinski definition) is 0. The van der Waals surface area contributed by atoms with Gasteiger partial charge in [-0.05, 0) is 161 Å². The first-order valence-corrected chi connectivity index (χ1v) is 29.5. The Balaban J connectivity index is 1.13. The molecule has 3 aliphatic carbocycles. The van der Waals surface area contributed by atoms with Crippen LogP contribution in [-0.2, 0) is 37.9 Å². The maximum absolute atomic E-state index is 2.71.